The van der Waals surface area contributed by atoms with E-state index in [9.17, 15) is 13.2 Å². The predicted octanol–water partition coefficient (Wildman–Crippen LogP) is 3.33. The molecule has 0 saturated carbocycles. The molecule has 2 rings (SSSR count). The van der Waals surface area contributed by atoms with Crippen LogP contribution in [0.3, 0.4) is 0 Å². The summed E-state index contributed by atoms with van der Waals surface area (Å²) in [6.45, 7) is 5.61. The summed E-state index contributed by atoms with van der Waals surface area (Å²) in [4.78, 5) is 11.4. The number of amides is 1. The highest BCUT2D eigenvalue weighted by molar-refractivity contribution is 7.92. The molecule has 1 amide bonds. The number of carbonyl (C=O) groups excluding carboxylic acids is 1. The van der Waals surface area contributed by atoms with E-state index < -0.39 is 10.0 Å². The molecule has 0 heterocycles. The molecular weight excluding hydrogens is 370 g/mol. The second-order valence-electron chi connectivity index (χ2n) is 5.78. The normalized spacial score (nSPS) is 10.9. The second kappa shape index (κ2) is 8.29. The lowest BCUT2D eigenvalue weighted by Gasteiger charge is -2.11. The first-order valence-electron chi connectivity index (χ1n) is 8.02. The van der Waals surface area contributed by atoms with Gasteiger partial charge in [-0.2, -0.15) is 0 Å². The van der Waals surface area contributed by atoms with E-state index in [1.165, 1.54) is 12.1 Å². The number of thiocarbonyl (C=S) groups is 1. The average molecular weight is 392 g/mol. The van der Waals surface area contributed by atoms with Crippen molar-refractivity contribution in [2.24, 2.45) is 0 Å². The molecule has 0 saturated heterocycles. The molecule has 0 bridgehead atoms. The number of nitrogens with one attached hydrogen (secondary N) is 3. The van der Waals surface area contributed by atoms with Crippen LogP contribution in [0.15, 0.2) is 47.4 Å². The Labute approximate surface area is 159 Å². The lowest BCUT2D eigenvalue weighted by molar-refractivity contribution is -0.119. The number of benzene rings is 2. The van der Waals surface area contributed by atoms with Gasteiger partial charge in [-0.1, -0.05) is 13.0 Å². The second-order valence-corrected chi connectivity index (χ2v) is 7.88. The van der Waals surface area contributed by atoms with E-state index >= 15 is 0 Å². The van der Waals surface area contributed by atoms with Gasteiger partial charge in [-0.15, -0.1) is 0 Å². The highest BCUT2D eigenvalue weighted by Crippen LogP contribution is 2.20. The van der Waals surface area contributed by atoms with Gasteiger partial charge in [0.2, 0.25) is 5.91 Å². The maximum absolute atomic E-state index is 12.5. The van der Waals surface area contributed by atoms with Crippen molar-refractivity contribution in [1.29, 1.82) is 0 Å². The van der Waals surface area contributed by atoms with Gasteiger partial charge in [0.25, 0.3) is 10.0 Å². The van der Waals surface area contributed by atoms with Crippen LogP contribution in [0.5, 0.6) is 0 Å². The first-order valence-corrected chi connectivity index (χ1v) is 9.91. The summed E-state index contributed by atoms with van der Waals surface area (Å²) in [6, 6.07) is 11.5. The number of rotatable bonds is 5. The van der Waals surface area contributed by atoms with Gasteiger partial charge >= 0.3 is 0 Å². The van der Waals surface area contributed by atoms with E-state index in [0.29, 0.717) is 17.8 Å². The van der Waals surface area contributed by atoms with Crippen molar-refractivity contribution in [3.8, 4) is 0 Å². The fourth-order valence-electron chi connectivity index (χ4n) is 2.11. The molecule has 2 aromatic carbocycles. The summed E-state index contributed by atoms with van der Waals surface area (Å²) in [5.74, 6) is -0.195. The van der Waals surface area contributed by atoms with Crippen molar-refractivity contribution in [2.75, 3.05) is 10.0 Å². The zero-order chi connectivity index (χ0) is 19.3. The maximum atomic E-state index is 12.5. The first-order chi connectivity index (χ1) is 12.2. The highest BCUT2D eigenvalue weighted by atomic mass is 32.2. The Balaban J connectivity index is 2.09. The molecule has 3 N–H and O–H groups in total. The molecule has 0 atom stereocenters. The van der Waals surface area contributed by atoms with Crippen LogP contribution in [0.25, 0.3) is 0 Å². The molecule has 0 aliphatic rings. The number of sulfonamides is 1. The van der Waals surface area contributed by atoms with Gasteiger partial charge in [0.15, 0.2) is 5.11 Å². The van der Waals surface area contributed by atoms with E-state index in [1.54, 1.807) is 31.2 Å². The third-order valence-corrected chi connectivity index (χ3v) is 5.36. The Bertz CT molecular complexity index is 923. The third-order valence-electron chi connectivity index (χ3n) is 3.76. The fourth-order valence-corrected chi connectivity index (χ4v) is 3.39. The van der Waals surface area contributed by atoms with Crippen LogP contribution in [0.1, 0.15) is 24.5 Å². The quantitative estimate of drug-likeness (QED) is 0.681. The van der Waals surface area contributed by atoms with Crippen molar-refractivity contribution >= 4 is 44.6 Å². The maximum Gasteiger partial charge on any atom is 0.261 e. The topological polar surface area (TPSA) is 87.3 Å². The molecule has 0 aliphatic carbocycles. The van der Waals surface area contributed by atoms with E-state index in [4.69, 9.17) is 12.2 Å². The fraction of sp³-hybridized carbons (Fsp3) is 0.222. The van der Waals surface area contributed by atoms with Crippen molar-refractivity contribution in [1.82, 2.24) is 5.32 Å². The van der Waals surface area contributed by atoms with Gasteiger partial charge in [0.05, 0.1) is 4.90 Å². The molecule has 0 spiro atoms. The van der Waals surface area contributed by atoms with Gasteiger partial charge in [-0.05, 0) is 73.6 Å². The van der Waals surface area contributed by atoms with Crippen LogP contribution in [-0.4, -0.2) is 19.4 Å². The summed E-state index contributed by atoms with van der Waals surface area (Å²) in [5, 5.41) is 5.52. The molecule has 0 aliphatic heterocycles. The summed E-state index contributed by atoms with van der Waals surface area (Å²) in [7, 11) is -3.69. The molecule has 8 heteroatoms. The van der Waals surface area contributed by atoms with E-state index in [1.807, 2.05) is 19.9 Å². The third kappa shape index (κ3) is 5.27. The van der Waals surface area contributed by atoms with Crippen LogP contribution in [-0.2, 0) is 14.8 Å². The van der Waals surface area contributed by atoms with Crippen molar-refractivity contribution in [3.63, 3.8) is 0 Å². The van der Waals surface area contributed by atoms with Crippen molar-refractivity contribution < 1.29 is 13.2 Å². The lowest BCUT2D eigenvalue weighted by atomic mass is 10.1. The Morgan fingerprint density at radius 2 is 1.62 bits per heavy atom. The van der Waals surface area contributed by atoms with Gasteiger partial charge in [0.1, 0.15) is 0 Å². The number of hydrogen-bond acceptors (Lipinski definition) is 4. The molecule has 0 aromatic heterocycles. The van der Waals surface area contributed by atoms with Crippen LogP contribution < -0.4 is 15.4 Å². The van der Waals surface area contributed by atoms with Crippen molar-refractivity contribution in [2.45, 2.75) is 32.1 Å². The van der Waals surface area contributed by atoms with Crippen LogP contribution in [0, 0.1) is 13.8 Å². The molecule has 0 unspecified atom stereocenters. The molecule has 0 radical (unpaired) electrons. The lowest BCUT2D eigenvalue weighted by Crippen LogP contribution is -2.33. The van der Waals surface area contributed by atoms with Crippen LogP contribution >= 0.6 is 12.2 Å². The molecule has 2 aromatic rings. The SMILES string of the molecule is CCC(=O)NC(=S)Nc1ccc(S(=O)(=O)Nc2ccc(C)c(C)c2)cc1. The van der Waals surface area contributed by atoms with E-state index in [0.717, 1.165) is 11.1 Å². The molecule has 26 heavy (non-hydrogen) atoms. The van der Waals surface area contributed by atoms with Gasteiger partial charge < -0.3 is 10.6 Å². The van der Waals surface area contributed by atoms with Gasteiger partial charge in [0, 0.05) is 17.8 Å². The van der Waals surface area contributed by atoms with Gasteiger partial charge in [-0.3, -0.25) is 9.52 Å². The summed E-state index contributed by atoms with van der Waals surface area (Å²) < 4.78 is 27.6. The Hall–Kier alpha value is -2.45. The standard InChI is InChI=1S/C18H21N3O3S2/c1-4-17(22)20-18(25)19-14-7-9-16(10-8-14)26(23,24)21-15-6-5-12(2)13(3)11-15/h5-11,21H,4H2,1-3H3,(H2,19,20,22,25). The molecule has 138 valence electrons. The molecule has 6 nitrogen and oxygen atoms in total. The van der Waals surface area contributed by atoms with Crippen molar-refractivity contribution in [3.05, 3.63) is 53.6 Å². The zero-order valence-corrected chi connectivity index (χ0v) is 16.4. The smallest absolute Gasteiger partial charge is 0.261 e. The minimum atomic E-state index is -3.69. The number of anilines is 2. The number of aryl methyl sites for hydroxylation is 2. The zero-order valence-electron chi connectivity index (χ0n) is 14.8. The summed E-state index contributed by atoms with van der Waals surface area (Å²) in [6.07, 6.45) is 0.323. The monoisotopic (exact) mass is 391 g/mol. The van der Waals surface area contributed by atoms with Gasteiger partial charge in [-0.25, -0.2) is 8.42 Å². The Morgan fingerprint density at radius 3 is 2.19 bits per heavy atom. The molecular formula is C18H21N3O3S2. The number of hydrogen-bond donors (Lipinski definition) is 3. The summed E-state index contributed by atoms with van der Waals surface area (Å²) >= 11 is 5.02. The average Bonchev–Trinajstić information content (AvgIpc) is 2.58. The molecule has 0 fully saturated rings. The van der Waals surface area contributed by atoms with E-state index in [2.05, 4.69) is 15.4 Å². The highest BCUT2D eigenvalue weighted by Gasteiger charge is 2.14. The minimum absolute atomic E-state index is 0.129. The Morgan fingerprint density at radius 1 is 1.00 bits per heavy atom. The Kier molecular flexibility index (Phi) is 6.33. The number of carbonyl (C=O) groups is 1. The largest absolute Gasteiger partial charge is 0.332 e. The van der Waals surface area contributed by atoms with Crippen LogP contribution in [0.4, 0.5) is 11.4 Å². The summed E-state index contributed by atoms with van der Waals surface area (Å²) in [5.41, 5.74) is 3.19. The predicted molar refractivity (Wildman–Crippen MR) is 108 cm³/mol. The minimum Gasteiger partial charge on any atom is -0.332 e. The van der Waals surface area contributed by atoms with Crippen LogP contribution in [0.2, 0.25) is 0 Å². The first kappa shape index (κ1) is 19.9. The van der Waals surface area contributed by atoms with E-state index in [-0.39, 0.29) is 15.9 Å².